The minimum absolute atomic E-state index is 0.0840. The molecule has 2 aliphatic rings. The molecule has 7 heteroatoms. The van der Waals surface area contributed by atoms with Gasteiger partial charge in [0.25, 0.3) is 0 Å². The Labute approximate surface area is 161 Å². The molecule has 1 saturated heterocycles. The van der Waals surface area contributed by atoms with Crippen molar-refractivity contribution in [3.8, 4) is 10.6 Å². The van der Waals surface area contributed by atoms with E-state index in [2.05, 4.69) is 6.58 Å². The zero-order valence-electron chi connectivity index (χ0n) is 14.6. The van der Waals surface area contributed by atoms with Crippen LogP contribution in [-0.2, 0) is 14.3 Å². The van der Waals surface area contributed by atoms with Crippen molar-refractivity contribution in [3.05, 3.63) is 59.8 Å². The van der Waals surface area contributed by atoms with Crippen LogP contribution in [0.25, 0.3) is 16.1 Å². The molecule has 27 heavy (non-hydrogen) atoms. The second-order valence-corrected chi connectivity index (χ2v) is 7.32. The van der Waals surface area contributed by atoms with E-state index >= 15 is 0 Å². The fraction of sp³-hybridized carbons (Fsp3) is 0.250. The van der Waals surface area contributed by atoms with Gasteiger partial charge in [-0.05, 0) is 12.8 Å². The van der Waals surface area contributed by atoms with E-state index in [1.54, 1.807) is 0 Å². The monoisotopic (exact) mass is 381 g/mol. The summed E-state index contributed by atoms with van der Waals surface area (Å²) in [4.78, 5) is 31.2. The van der Waals surface area contributed by atoms with E-state index in [-0.39, 0.29) is 24.3 Å². The average molecular weight is 381 g/mol. The third-order valence-corrected chi connectivity index (χ3v) is 5.74. The van der Waals surface area contributed by atoms with E-state index in [9.17, 15) is 9.59 Å². The van der Waals surface area contributed by atoms with Crippen molar-refractivity contribution in [2.45, 2.75) is 24.9 Å². The van der Waals surface area contributed by atoms with Crippen LogP contribution in [0.15, 0.2) is 54.1 Å². The number of aromatic nitrogens is 1. The predicted molar refractivity (Wildman–Crippen MR) is 103 cm³/mol. The topological polar surface area (TPSA) is 85.5 Å². The SMILES string of the molecule is C=CCOC(=O)C1=C(c2csc(-c3ccccc3)n2)CC[C@@H]2[C@H](N)C(=O)N12. The molecule has 2 aliphatic heterocycles. The molecule has 0 bridgehead atoms. The molecule has 2 atom stereocenters. The summed E-state index contributed by atoms with van der Waals surface area (Å²) in [5.74, 6) is -0.787. The molecule has 1 amide bonds. The summed E-state index contributed by atoms with van der Waals surface area (Å²) in [6, 6.07) is 9.15. The first-order valence-corrected chi connectivity index (χ1v) is 9.61. The number of amides is 1. The van der Waals surface area contributed by atoms with Gasteiger partial charge in [-0.25, -0.2) is 9.78 Å². The molecule has 2 N–H and O–H groups in total. The van der Waals surface area contributed by atoms with Crippen LogP contribution in [0.5, 0.6) is 0 Å². The highest BCUT2D eigenvalue weighted by Crippen LogP contribution is 2.41. The molecule has 2 aromatic rings. The molecule has 0 unspecified atom stereocenters. The van der Waals surface area contributed by atoms with Gasteiger partial charge in [0.2, 0.25) is 5.91 Å². The first-order valence-electron chi connectivity index (χ1n) is 8.73. The van der Waals surface area contributed by atoms with E-state index in [1.807, 2.05) is 35.7 Å². The minimum atomic E-state index is -0.552. The Kier molecular flexibility index (Phi) is 4.63. The van der Waals surface area contributed by atoms with Gasteiger partial charge >= 0.3 is 5.97 Å². The largest absolute Gasteiger partial charge is 0.457 e. The fourth-order valence-electron chi connectivity index (χ4n) is 3.51. The van der Waals surface area contributed by atoms with Crippen molar-refractivity contribution in [2.24, 2.45) is 5.73 Å². The number of nitrogens with zero attached hydrogens (tertiary/aromatic N) is 2. The lowest BCUT2D eigenvalue weighted by Gasteiger charge is -2.48. The molecule has 0 saturated carbocycles. The number of allylic oxidation sites excluding steroid dienone is 1. The van der Waals surface area contributed by atoms with Gasteiger partial charge in [0.1, 0.15) is 23.4 Å². The van der Waals surface area contributed by atoms with Gasteiger partial charge < -0.3 is 10.5 Å². The van der Waals surface area contributed by atoms with E-state index in [4.69, 9.17) is 15.5 Å². The van der Waals surface area contributed by atoms with Crippen LogP contribution in [0.3, 0.4) is 0 Å². The highest BCUT2D eigenvalue weighted by Gasteiger charge is 2.51. The maximum absolute atomic E-state index is 12.7. The lowest BCUT2D eigenvalue weighted by Crippen LogP contribution is -2.69. The number of rotatable bonds is 5. The van der Waals surface area contributed by atoms with Gasteiger partial charge in [0.15, 0.2) is 0 Å². The Morgan fingerprint density at radius 3 is 2.93 bits per heavy atom. The predicted octanol–water partition coefficient (Wildman–Crippen LogP) is 2.58. The summed E-state index contributed by atoms with van der Waals surface area (Å²) < 4.78 is 5.24. The third-order valence-electron chi connectivity index (χ3n) is 4.85. The molecular weight excluding hydrogens is 362 g/mol. The zero-order valence-corrected chi connectivity index (χ0v) is 15.4. The number of ether oxygens (including phenoxy) is 1. The lowest BCUT2D eigenvalue weighted by atomic mass is 9.83. The molecule has 6 nitrogen and oxygen atoms in total. The summed E-state index contributed by atoms with van der Waals surface area (Å²) in [6.45, 7) is 3.65. The number of thiazole rings is 1. The van der Waals surface area contributed by atoms with Crippen molar-refractivity contribution in [1.29, 1.82) is 0 Å². The van der Waals surface area contributed by atoms with Crippen molar-refractivity contribution < 1.29 is 14.3 Å². The van der Waals surface area contributed by atoms with Crippen LogP contribution >= 0.6 is 11.3 Å². The van der Waals surface area contributed by atoms with Gasteiger partial charge in [-0.2, -0.15) is 0 Å². The molecule has 0 spiro atoms. The Balaban J connectivity index is 1.74. The molecule has 0 aliphatic carbocycles. The zero-order chi connectivity index (χ0) is 19.0. The van der Waals surface area contributed by atoms with Crippen molar-refractivity contribution in [2.75, 3.05) is 6.61 Å². The number of hydrogen-bond acceptors (Lipinski definition) is 6. The van der Waals surface area contributed by atoms with Crippen LogP contribution < -0.4 is 5.73 Å². The third kappa shape index (κ3) is 2.98. The molecule has 0 radical (unpaired) electrons. The smallest absolute Gasteiger partial charge is 0.355 e. The fourth-order valence-corrected chi connectivity index (χ4v) is 4.35. The van der Waals surface area contributed by atoms with Crippen LogP contribution in [-0.4, -0.2) is 40.5 Å². The number of fused-ring (bicyclic) bond motifs is 1. The summed E-state index contributed by atoms with van der Waals surface area (Å²) in [5, 5.41) is 2.79. The Morgan fingerprint density at radius 2 is 2.19 bits per heavy atom. The Morgan fingerprint density at radius 1 is 1.41 bits per heavy atom. The number of carbonyl (C=O) groups excluding carboxylic acids is 2. The van der Waals surface area contributed by atoms with Crippen molar-refractivity contribution >= 4 is 28.8 Å². The van der Waals surface area contributed by atoms with Crippen molar-refractivity contribution in [3.63, 3.8) is 0 Å². The van der Waals surface area contributed by atoms with Gasteiger partial charge in [0, 0.05) is 16.5 Å². The number of hydrogen-bond donors (Lipinski definition) is 1. The number of benzene rings is 1. The summed E-state index contributed by atoms with van der Waals surface area (Å²) in [7, 11) is 0. The minimum Gasteiger partial charge on any atom is -0.457 e. The van der Waals surface area contributed by atoms with Crippen molar-refractivity contribution in [1.82, 2.24) is 9.88 Å². The number of nitrogens with two attached hydrogens (primary N) is 1. The van der Waals surface area contributed by atoms with Gasteiger partial charge in [0.05, 0.1) is 11.7 Å². The Bertz CT molecular complexity index is 935. The molecule has 4 rings (SSSR count). The molecular formula is C20H19N3O3S. The maximum atomic E-state index is 12.7. The van der Waals surface area contributed by atoms with Gasteiger partial charge in [-0.3, -0.25) is 9.69 Å². The second-order valence-electron chi connectivity index (χ2n) is 6.46. The molecule has 1 fully saturated rings. The molecule has 1 aromatic heterocycles. The summed E-state index contributed by atoms with van der Waals surface area (Å²) >= 11 is 1.51. The van der Waals surface area contributed by atoms with E-state index < -0.39 is 12.0 Å². The van der Waals surface area contributed by atoms with Crippen LogP contribution in [0.1, 0.15) is 18.5 Å². The number of carbonyl (C=O) groups is 2. The van der Waals surface area contributed by atoms with E-state index in [1.165, 1.54) is 22.3 Å². The lowest BCUT2D eigenvalue weighted by molar-refractivity contribution is -0.154. The second kappa shape index (κ2) is 7.09. The van der Waals surface area contributed by atoms with Gasteiger partial charge in [-0.15, -0.1) is 11.3 Å². The van der Waals surface area contributed by atoms with Gasteiger partial charge in [-0.1, -0.05) is 43.0 Å². The Hall–Kier alpha value is -2.77. The van der Waals surface area contributed by atoms with E-state index in [0.717, 1.165) is 16.1 Å². The van der Waals surface area contributed by atoms with Crippen LogP contribution in [0.4, 0.5) is 0 Å². The average Bonchev–Trinajstić information content (AvgIpc) is 3.21. The molecule has 138 valence electrons. The standard InChI is InChI=1S/C20H19N3O3S/c1-2-10-26-20(25)17-13(8-9-15-16(21)19(24)23(15)17)14-11-27-18(22-14)12-6-4-3-5-7-12/h2-7,11,15-16H,1,8-10,21H2/t15-,16+/m1/s1. The molecule has 1 aromatic carbocycles. The van der Waals surface area contributed by atoms with E-state index in [0.29, 0.717) is 18.5 Å². The highest BCUT2D eigenvalue weighted by atomic mass is 32.1. The summed E-state index contributed by atoms with van der Waals surface area (Å²) in [6.07, 6.45) is 2.83. The summed E-state index contributed by atoms with van der Waals surface area (Å²) in [5.41, 5.74) is 8.63. The first-order chi connectivity index (χ1) is 13.1. The first kappa shape index (κ1) is 17.6. The number of esters is 1. The highest BCUT2D eigenvalue weighted by molar-refractivity contribution is 7.13. The van der Waals surface area contributed by atoms with Crippen LogP contribution in [0, 0.1) is 0 Å². The van der Waals surface area contributed by atoms with Crippen LogP contribution in [0.2, 0.25) is 0 Å². The molecule has 3 heterocycles. The number of β-lactam (4-membered cyclic amide) rings is 1. The maximum Gasteiger partial charge on any atom is 0.355 e. The normalized spacial score (nSPS) is 21.5. The quantitative estimate of drug-likeness (QED) is 0.489.